The number of amides is 2. The van der Waals surface area contributed by atoms with Crippen molar-refractivity contribution in [1.29, 1.82) is 0 Å². The number of benzene rings is 2. The minimum atomic E-state index is -0.637. The van der Waals surface area contributed by atoms with Crippen LogP contribution in [0.2, 0.25) is 5.02 Å². The molecule has 0 spiro atoms. The number of anilines is 1. The molecule has 204 valence electrons. The molecule has 38 heavy (non-hydrogen) atoms. The summed E-state index contributed by atoms with van der Waals surface area (Å²) in [6, 6.07) is 10.6. The molecule has 1 saturated carbocycles. The molecule has 1 N–H and O–H groups in total. The van der Waals surface area contributed by atoms with E-state index in [9.17, 15) is 18.8 Å². The zero-order valence-corrected chi connectivity index (χ0v) is 22.6. The van der Waals surface area contributed by atoms with Gasteiger partial charge in [-0.3, -0.25) is 14.4 Å². The maximum Gasteiger partial charge on any atom is 0.308 e. The van der Waals surface area contributed by atoms with Crippen molar-refractivity contribution >= 4 is 35.1 Å². The largest absolute Gasteiger partial charge is 0.494 e. The van der Waals surface area contributed by atoms with Crippen LogP contribution in [0.3, 0.4) is 0 Å². The van der Waals surface area contributed by atoms with Crippen molar-refractivity contribution in [2.45, 2.75) is 50.9 Å². The lowest BCUT2D eigenvalue weighted by atomic mass is 9.80. The van der Waals surface area contributed by atoms with Crippen molar-refractivity contribution in [1.82, 2.24) is 4.90 Å². The van der Waals surface area contributed by atoms with Gasteiger partial charge in [0.1, 0.15) is 0 Å². The zero-order valence-electron chi connectivity index (χ0n) is 21.8. The normalized spacial score (nSPS) is 20.1. The molecular formula is C29H34ClFN2O5. The van der Waals surface area contributed by atoms with E-state index in [2.05, 4.69) is 5.32 Å². The molecule has 1 saturated heterocycles. The van der Waals surface area contributed by atoms with Crippen LogP contribution >= 0.6 is 11.6 Å². The van der Waals surface area contributed by atoms with Crippen molar-refractivity contribution in [2.24, 2.45) is 11.8 Å². The van der Waals surface area contributed by atoms with Crippen LogP contribution in [0.25, 0.3) is 0 Å². The summed E-state index contributed by atoms with van der Waals surface area (Å²) in [7, 11) is 2.76. The Kier molecular flexibility index (Phi) is 9.26. The summed E-state index contributed by atoms with van der Waals surface area (Å²) in [5, 5.41) is 2.97. The number of ether oxygens (including phenoxy) is 2. The summed E-state index contributed by atoms with van der Waals surface area (Å²) in [4.78, 5) is 39.5. The standard InChI is InChI=1S/C29H34ClFN2O5/c1-37-25-11-10-24(30)23(27(25)31)17-26(34)32-22-8-6-18(7-9-22)19-12-14-33(15-13-19)28(35)20-4-3-5-21(16-20)29(36)38-2/h6-11,19-21H,3-5,12-17H2,1-2H3,(H,32,34). The zero-order chi connectivity index (χ0) is 27.2. The van der Waals surface area contributed by atoms with Gasteiger partial charge in [0.2, 0.25) is 11.8 Å². The highest BCUT2D eigenvalue weighted by atomic mass is 35.5. The molecular weight excluding hydrogens is 511 g/mol. The molecule has 2 amide bonds. The third-order valence-electron chi connectivity index (χ3n) is 7.74. The number of esters is 1. The molecule has 1 heterocycles. The topological polar surface area (TPSA) is 84.9 Å². The molecule has 9 heteroatoms. The van der Waals surface area contributed by atoms with E-state index in [0.29, 0.717) is 31.1 Å². The lowest BCUT2D eigenvalue weighted by Crippen LogP contribution is -2.43. The smallest absolute Gasteiger partial charge is 0.308 e. The maximum absolute atomic E-state index is 14.5. The Labute approximate surface area is 227 Å². The molecule has 1 aliphatic carbocycles. The second-order valence-electron chi connectivity index (χ2n) is 10.1. The lowest BCUT2D eigenvalue weighted by molar-refractivity contribution is -0.148. The van der Waals surface area contributed by atoms with E-state index in [0.717, 1.165) is 37.7 Å². The van der Waals surface area contributed by atoms with Crippen LogP contribution in [0.4, 0.5) is 10.1 Å². The third kappa shape index (κ3) is 6.46. The summed E-state index contributed by atoms with van der Waals surface area (Å²) >= 11 is 6.09. The van der Waals surface area contributed by atoms with Crippen molar-refractivity contribution < 1.29 is 28.2 Å². The fraction of sp³-hybridized carbons (Fsp3) is 0.483. The van der Waals surface area contributed by atoms with Crippen molar-refractivity contribution in [3.05, 3.63) is 58.4 Å². The predicted octanol–water partition coefficient (Wildman–Crippen LogP) is 5.35. The highest BCUT2D eigenvalue weighted by molar-refractivity contribution is 6.31. The minimum absolute atomic E-state index is 0.0402. The summed E-state index contributed by atoms with van der Waals surface area (Å²) in [6.45, 7) is 1.38. The maximum atomic E-state index is 14.5. The van der Waals surface area contributed by atoms with E-state index >= 15 is 0 Å². The monoisotopic (exact) mass is 544 g/mol. The summed E-state index contributed by atoms with van der Waals surface area (Å²) in [6.07, 6.45) is 4.58. The molecule has 0 bridgehead atoms. The molecule has 4 rings (SSSR count). The van der Waals surface area contributed by atoms with Crippen LogP contribution < -0.4 is 10.1 Å². The van der Waals surface area contributed by atoms with Gasteiger partial charge in [-0.15, -0.1) is 0 Å². The van der Waals surface area contributed by atoms with Gasteiger partial charge >= 0.3 is 5.97 Å². The Balaban J connectivity index is 1.28. The van der Waals surface area contributed by atoms with E-state index < -0.39 is 5.82 Å². The fourth-order valence-electron chi connectivity index (χ4n) is 5.59. The number of methoxy groups -OCH3 is 2. The van der Waals surface area contributed by atoms with E-state index in [1.807, 2.05) is 29.2 Å². The molecule has 2 atom stereocenters. The first-order valence-corrected chi connectivity index (χ1v) is 13.5. The number of carbonyl (C=O) groups is 3. The lowest BCUT2D eigenvalue weighted by Gasteiger charge is -2.36. The second-order valence-corrected chi connectivity index (χ2v) is 10.5. The van der Waals surface area contributed by atoms with Crippen LogP contribution in [-0.4, -0.2) is 50.0 Å². The number of carbonyl (C=O) groups excluding carboxylic acids is 3. The van der Waals surface area contributed by atoms with Gasteiger partial charge in [0.05, 0.1) is 26.6 Å². The first kappa shape index (κ1) is 27.9. The molecule has 2 aromatic rings. The van der Waals surface area contributed by atoms with Gasteiger partial charge in [0.25, 0.3) is 0 Å². The van der Waals surface area contributed by atoms with Crippen molar-refractivity contribution in [2.75, 3.05) is 32.6 Å². The summed E-state index contributed by atoms with van der Waals surface area (Å²) < 4.78 is 24.4. The van der Waals surface area contributed by atoms with Gasteiger partial charge < -0.3 is 19.7 Å². The van der Waals surface area contributed by atoms with Crippen LogP contribution in [0, 0.1) is 17.7 Å². The molecule has 2 aliphatic rings. The number of rotatable bonds is 7. The number of halogens is 2. The molecule has 2 unspecified atom stereocenters. The molecule has 0 aromatic heterocycles. The SMILES string of the molecule is COC(=O)C1CCCC(C(=O)N2CCC(c3ccc(NC(=O)Cc4c(Cl)ccc(OC)c4F)cc3)CC2)C1. The number of hydrogen-bond acceptors (Lipinski definition) is 5. The minimum Gasteiger partial charge on any atom is -0.494 e. The highest BCUT2D eigenvalue weighted by Gasteiger charge is 2.35. The Morgan fingerprint density at radius 1 is 1.00 bits per heavy atom. The van der Waals surface area contributed by atoms with E-state index in [4.69, 9.17) is 21.1 Å². The third-order valence-corrected chi connectivity index (χ3v) is 8.09. The highest BCUT2D eigenvalue weighted by Crippen LogP contribution is 2.34. The van der Waals surface area contributed by atoms with Crippen LogP contribution in [0.15, 0.2) is 36.4 Å². The van der Waals surface area contributed by atoms with Gasteiger partial charge in [-0.25, -0.2) is 4.39 Å². The Hall–Kier alpha value is -3.13. The Morgan fingerprint density at radius 2 is 1.68 bits per heavy atom. The van der Waals surface area contributed by atoms with Crippen LogP contribution in [-0.2, 0) is 25.5 Å². The van der Waals surface area contributed by atoms with Crippen LogP contribution in [0.1, 0.15) is 55.6 Å². The predicted molar refractivity (Wildman–Crippen MR) is 143 cm³/mol. The Morgan fingerprint density at radius 3 is 2.34 bits per heavy atom. The number of nitrogens with one attached hydrogen (secondary N) is 1. The van der Waals surface area contributed by atoms with Crippen LogP contribution in [0.5, 0.6) is 5.75 Å². The Bertz CT molecular complexity index is 1160. The van der Waals surface area contributed by atoms with Gasteiger partial charge in [-0.05, 0) is 67.9 Å². The molecule has 0 radical (unpaired) electrons. The number of hydrogen-bond donors (Lipinski definition) is 1. The van der Waals surface area contributed by atoms with Gasteiger partial charge in [0.15, 0.2) is 11.6 Å². The summed E-state index contributed by atoms with van der Waals surface area (Å²) in [5.41, 5.74) is 1.86. The van der Waals surface area contributed by atoms with E-state index in [1.165, 1.54) is 26.4 Å². The van der Waals surface area contributed by atoms with Gasteiger partial charge in [0, 0.05) is 35.3 Å². The first-order chi connectivity index (χ1) is 18.3. The molecule has 7 nitrogen and oxygen atoms in total. The number of nitrogens with zero attached hydrogens (tertiary/aromatic N) is 1. The number of piperidine rings is 1. The average molecular weight is 545 g/mol. The van der Waals surface area contributed by atoms with Gasteiger partial charge in [-0.1, -0.05) is 30.2 Å². The van der Waals surface area contributed by atoms with E-state index in [1.54, 1.807) is 0 Å². The van der Waals surface area contributed by atoms with Gasteiger partial charge in [-0.2, -0.15) is 0 Å². The van der Waals surface area contributed by atoms with Crippen molar-refractivity contribution in [3.63, 3.8) is 0 Å². The first-order valence-electron chi connectivity index (χ1n) is 13.1. The average Bonchev–Trinajstić information content (AvgIpc) is 2.95. The molecule has 2 aromatic carbocycles. The number of likely N-dealkylation sites (tertiary alicyclic amines) is 1. The molecule has 2 fully saturated rings. The molecule has 1 aliphatic heterocycles. The van der Waals surface area contributed by atoms with Crippen molar-refractivity contribution in [3.8, 4) is 5.75 Å². The second kappa shape index (κ2) is 12.6. The quantitative estimate of drug-likeness (QED) is 0.475. The van der Waals surface area contributed by atoms with E-state index in [-0.39, 0.29) is 52.4 Å². The fourth-order valence-corrected chi connectivity index (χ4v) is 5.80. The summed E-state index contributed by atoms with van der Waals surface area (Å²) in [5.74, 6) is -0.989.